The summed E-state index contributed by atoms with van der Waals surface area (Å²) in [6.45, 7) is 9.01. The van der Waals surface area contributed by atoms with Crippen LogP contribution in [0.4, 0.5) is 0 Å². The van der Waals surface area contributed by atoms with Gasteiger partial charge in [-0.1, -0.05) is 12.1 Å². The van der Waals surface area contributed by atoms with Crippen molar-refractivity contribution >= 4 is 0 Å². The fraction of sp³-hybridized carbons (Fsp3) is 0.857. The summed E-state index contributed by atoms with van der Waals surface area (Å²) >= 11 is 0. The number of nitrogens with two attached hydrogens (primary N) is 1. The molecule has 0 bridgehead atoms. The van der Waals surface area contributed by atoms with E-state index in [1.807, 2.05) is 20.8 Å². The Balaban J connectivity index is 2.08. The van der Waals surface area contributed by atoms with Crippen LogP contribution in [-0.4, -0.2) is 35.6 Å². The van der Waals surface area contributed by atoms with Crippen molar-refractivity contribution in [2.75, 3.05) is 13.2 Å². The van der Waals surface area contributed by atoms with Gasteiger partial charge >= 0.3 is 0 Å². The van der Waals surface area contributed by atoms with Crippen molar-refractivity contribution in [1.82, 2.24) is 10.1 Å². The molecule has 6 nitrogen and oxygen atoms in total. The summed E-state index contributed by atoms with van der Waals surface area (Å²) in [5.74, 6) is 1.31. The Morgan fingerprint density at radius 2 is 2.25 bits per heavy atom. The van der Waals surface area contributed by atoms with E-state index in [-0.39, 0.29) is 18.1 Å². The van der Waals surface area contributed by atoms with Crippen LogP contribution in [0.3, 0.4) is 0 Å². The van der Waals surface area contributed by atoms with Gasteiger partial charge in [-0.05, 0) is 33.6 Å². The molecule has 0 aliphatic carbocycles. The monoisotopic (exact) mass is 283 g/mol. The molecular formula is C14H25N3O3. The molecule has 0 aromatic carbocycles. The minimum absolute atomic E-state index is 0.122. The van der Waals surface area contributed by atoms with Gasteiger partial charge in [0.25, 0.3) is 0 Å². The van der Waals surface area contributed by atoms with Gasteiger partial charge < -0.3 is 19.7 Å². The van der Waals surface area contributed by atoms with Gasteiger partial charge in [0, 0.05) is 6.61 Å². The Morgan fingerprint density at radius 1 is 1.50 bits per heavy atom. The van der Waals surface area contributed by atoms with Gasteiger partial charge in [-0.25, -0.2) is 0 Å². The zero-order valence-electron chi connectivity index (χ0n) is 12.8. The van der Waals surface area contributed by atoms with E-state index in [0.29, 0.717) is 18.3 Å². The molecule has 3 unspecified atom stereocenters. The van der Waals surface area contributed by atoms with Crippen LogP contribution in [0.1, 0.15) is 58.2 Å². The van der Waals surface area contributed by atoms with E-state index >= 15 is 0 Å². The molecule has 1 aliphatic rings. The van der Waals surface area contributed by atoms with E-state index in [0.717, 1.165) is 19.4 Å². The molecule has 0 radical (unpaired) electrons. The van der Waals surface area contributed by atoms with Crippen molar-refractivity contribution < 1.29 is 14.0 Å². The zero-order valence-corrected chi connectivity index (χ0v) is 12.8. The topological polar surface area (TPSA) is 83.4 Å². The van der Waals surface area contributed by atoms with E-state index in [1.165, 1.54) is 0 Å². The largest absolute Gasteiger partial charge is 0.377 e. The Hall–Kier alpha value is -0.980. The summed E-state index contributed by atoms with van der Waals surface area (Å²) in [6.07, 6.45) is 2.15. The van der Waals surface area contributed by atoms with E-state index in [1.54, 1.807) is 0 Å². The SMILES string of the molecule is CCC1OCCC1c1nc(C(C)(N)COC(C)C)no1. The van der Waals surface area contributed by atoms with Crippen LogP contribution in [-0.2, 0) is 15.0 Å². The molecule has 1 fully saturated rings. The van der Waals surface area contributed by atoms with Gasteiger partial charge in [0.2, 0.25) is 5.89 Å². The van der Waals surface area contributed by atoms with Crippen molar-refractivity contribution in [2.45, 2.75) is 64.2 Å². The molecular weight excluding hydrogens is 258 g/mol. The van der Waals surface area contributed by atoms with Crippen molar-refractivity contribution in [3.63, 3.8) is 0 Å². The molecule has 6 heteroatoms. The van der Waals surface area contributed by atoms with Crippen molar-refractivity contribution in [3.8, 4) is 0 Å². The van der Waals surface area contributed by atoms with Crippen molar-refractivity contribution in [3.05, 3.63) is 11.7 Å². The summed E-state index contributed by atoms with van der Waals surface area (Å²) in [4.78, 5) is 4.48. The molecule has 2 N–H and O–H groups in total. The minimum atomic E-state index is -0.743. The Kier molecular flexibility index (Phi) is 4.78. The Bertz CT molecular complexity index is 431. The molecule has 114 valence electrons. The van der Waals surface area contributed by atoms with Gasteiger partial charge in [0.05, 0.1) is 24.7 Å². The van der Waals surface area contributed by atoms with Crippen LogP contribution in [0.25, 0.3) is 0 Å². The number of hydrogen-bond acceptors (Lipinski definition) is 6. The zero-order chi connectivity index (χ0) is 14.8. The quantitative estimate of drug-likeness (QED) is 0.859. The van der Waals surface area contributed by atoms with Crippen molar-refractivity contribution in [2.24, 2.45) is 5.73 Å². The molecule has 3 atom stereocenters. The summed E-state index contributed by atoms with van der Waals surface area (Å²) in [7, 11) is 0. The second-order valence-electron chi connectivity index (χ2n) is 5.95. The van der Waals surface area contributed by atoms with Gasteiger partial charge in [0.1, 0.15) is 5.54 Å². The summed E-state index contributed by atoms with van der Waals surface area (Å²) in [5, 5.41) is 4.03. The fourth-order valence-electron chi connectivity index (χ4n) is 2.36. The van der Waals surface area contributed by atoms with Crippen molar-refractivity contribution in [1.29, 1.82) is 0 Å². The highest BCUT2D eigenvalue weighted by Gasteiger charge is 2.35. The third-order valence-corrected chi connectivity index (χ3v) is 3.60. The molecule has 1 saturated heterocycles. The van der Waals surface area contributed by atoms with E-state index < -0.39 is 5.54 Å². The van der Waals surface area contributed by atoms with E-state index in [9.17, 15) is 0 Å². The van der Waals surface area contributed by atoms with E-state index in [4.69, 9.17) is 19.7 Å². The van der Waals surface area contributed by atoms with Gasteiger partial charge in [-0.3, -0.25) is 0 Å². The summed E-state index contributed by atoms with van der Waals surface area (Å²) < 4.78 is 16.6. The highest BCUT2D eigenvalue weighted by molar-refractivity contribution is 5.06. The summed E-state index contributed by atoms with van der Waals surface area (Å²) in [6, 6.07) is 0. The van der Waals surface area contributed by atoms with Crippen LogP contribution in [0.5, 0.6) is 0 Å². The number of hydrogen-bond donors (Lipinski definition) is 1. The lowest BCUT2D eigenvalue weighted by Gasteiger charge is -2.21. The van der Waals surface area contributed by atoms with Gasteiger partial charge in [-0.15, -0.1) is 0 Å². The average Bonchev–Trinajstić information content (AvgIpc) is 3.04. The Morgan fingerprint density at radius 3 is 2.90 bits per heavy atom. The molecule has 2 heterocycles. The lowest BCUT2D eigenvalue weighted by Crippen LogP contribution is -2.40. The smallest absolute Gasteiger partial charge is 0.232 e. The molecule has 20 heavy (non-hydrogen) atoms. The third-order valence-electron chi connectivity index (χ3n) is 3.60. The minimum Gasteiger partial charge on any atom is -0.377 e. The molecule has 2 rings (SSSR count). The van der Waals surface area contributed by atoms with E-state index in [2.05, 4.69) is 17.1 Å². The average molecular weight is 283 g/mol. The first-order valence-corrected chi connectivity index (χ1v) is 7.30. The van der Waals surface area contributed by atoms with Gasteiger partial charge in [-0.2, -0.15) is 4.98 Å². The summed E-state index contributed by atoms with van der Waals surface area (Å²) in [5.41, 5.74) is 5.48. The normalized spacial score (nSPS) is 26.1. The number of nitrogens with zero attached hydrogens (tertiary/aromatic N) is 2. The first kappa shape index (κ1) is 15.4. The molecule has 0 saturated carbocycles. The third kappa shape index (κ3) is 3.37. The molecule has 1 aromatic rings. The van der Waals surface area contributed by atoms with Gasteiger partial charge in [0.15, 0.2) is 5.82 Å². The second kappa shape index (κ2) is 6.20. The fourth-order valence-corrected chi connectivity index (χ4v) is 2.36. The number of aromatic nitrogens is 2. The maximum absolute atomic E-state index is 6.22. The maximum Gasteiger partial charge on any atom is 0.232 e. The lowest BCUT2D eigenvalue weighted by atomic mass is 9.99. The lowest BCUT2D eigenvalue weighted by molar-refractivity contribution is 0.0410. The highest BCUT2D eigenvalue weighted by atomic mass is 16.5. The highest BCUT2D eigenvalue weighted by Crippen LogP contribution is 2.32. The first-order valence-electron chi connectivity index (χ1n) is 7.30. The van der Waals surface area contributed by atoms with Crippen LogP contribution >= 0.6 is 0 Å². The standard InChI is InChI=1S/C14H25N3O3/c1-5-11-10(6-7-18-11)12-16-13(17-20-12)14(4,15)8-19-9(2)3/h9-11H,5-8,15H2,1-4H3. The molecule has 0 amide bonds. The molecule has 0 spiro atoms. The second-order valence-corrected chi connectivity index (χ2v) is 5.95. The van der Waals surface area contributed by atoms with Crippen LogP contribution in [0.15, 0.2) is 4.52 Å². The Labute approximate surface area is 120 Å². The molecule has 1 aliphatic heterocycles. The molecule has 1 aromatic heterocycles. The first-order chi connectivity index (χ1) is 9.44. The maximum atomic E-state index is 6.22. The van der Waals surface area contributed by atoms with Crippen LogP contribution in [0.2, 0.25) is 0 Å². The predicted octanol–water partition coefficient (Wildman–Crippen LogP) is 1.95. The number of ether oxygens (including phenoxy) is 2. The predicted molar refractivity (Wildman–Crippen MR) is 74.3 cm³/mol. The number of rotatable bonds is 6. The van der Waals surface area contributed by atoms with Crippen LogP contribution < -0.4 is 5.73 Å². The van der Waals surface area contributed by atoms with Crippen LogP contribution in [0, 0.1) is 0 Å².